The van der Waals surface area contributed by atoms with Gasteiger partial charge in [-0.3, -0.25) is 4.79 Å². The van der Waals surface area contributed by atoms with Gasteiger partial charge in [-0.1, -0.05) is 6.92 Å². The first-order valence-corrected chi connectivity index (χ1v) is 8.47. The molecule has 0 fully saturated rings. The van der Waals surface area contributed by atoms with Gasteiger partial charge < -0.3 is 20.8 Å². The van der Waals surface area contributed by atoms with Crippen LogP contribution in [0.1, 0.15) is 41.6 Å². The van der Waals surface area contributed by atoms with Crippen LogP contribution in [0.4, 0.5) is 0 Å². The maximum atomic E-state index is 11.0. The van der Waals surface area contributed by atoms with E-state index >= 15 is 0 Å². The number of amides is 1. The van der Waals surface area contributed by atoms with Crippen LogP contribution in [-0.2, 0) is 6.54 Å². The molecule has 8 heteroatoms. The summed E-state index contributed by atoms with van der Waals surface area (Å²) >= 11 is 1.70. The van der Waals surface area contributed by atoms with Gasteiger partial charge in [0.2, 0.25) is 0 Å². The Balaban J connectivity index is 0.00000288. The van der Waals surface area contributed by atoms with E-state index in [4.69, 9.17) is 10.2 Å². The number of carbonyl (C=O) groups is 1. The molecule has 0 aliphatic rings. The number of hydrogen-bond acceptors (Lipinski definition) is 4. The van der Waals surface area contributed by atoms with Gasteiger partial charge in [0, 0.05) is 13.1 Å². The molecule has 0 saturated carbocycles. The van der Waals surface area contributed by atoms with Crippen LogP contribution < -0.4 is 16.4 Å². The lowest BCUT2D eigenvalue weighted by Crippen LogP contribution is -2.39. The first-order chi connectivity index (χ1) is 11.1. The van der Waals surface area contributed by atoms with Crippen molar-refractivity contribution in [2.75, 3.05) is 13.1 Å². The highest BCUT2D eigenvalue weighted by atomic mass is 127. The number of guanidine groups is 1. The molecule has 132 valence electrons. The Morgan fingerprint density at radius 3 is 2.75 bits per heavy atom. The summed E-state index contributed by atoms with van der Waals surface area (Å²) in [6, 6.07) is 5.41. The van der Waals surface area contributed by atoms with E-state index in [2.05, 4.69) is 39.4 Å². The number of nitrogens with zero attached hydrogens (tertiary/aromatic N) is 1. The Morgan fingerprint density at radius 2 is 2.17 bits per heavy atom. The van der Waals surface area contributed by atoms with Crippen LogP contribution in [-0.4, -0.2) is 25.0 Å². The molecule has 0 aliphatic heterocycles. The average Bonchev–Trinajstić information content (AvgIpc) is 3.20. The molecule has 1 amide bonds. The summed E-state index contributed by atoms with van der Waals surface area (Å²) in [5.41, 5.74) is 6.48. The van der Waals surface area contributed by atoms with Gasteiger partial charge in [0.15, 0.2) is 11.7 Å². The second kappa shape index (κ2) is 10.3. The zero-order valence-electron chi connectivity index (χ0n) is 13.7. The van der Waals surface area contributed by atoms with E-state index in [0.29, 0.717) is 24.2 Å². The van der Waals surface area contributed by atoms with Crippen molar-refractivity contribution in [2.24, 2.45) is 10.7 Å². The Morgan fingerprint density at radius 1 is 1.38 bits per heavy atom. The summed E-state index contributed by atoms with van der Waals surface area (Å²) in [4.78, 5) is 15.5. The number of primary amides is 1. The van der Waals surface area contributed by atoms with Gasteiger partial charge in [0.25, 0.3) is 5.91 Å². The third-order valence-electron chi connectivity index (χ3n) is 3.33. The summed E-state index contributed by atoms with van der Waals surface area (Å²) in [5.74, 6) is 1.29. The summed E-state index contributed by atoms with van der Waals surface area (Å²) in [6.45, 7) is 6.08. The SMILES string of the molecule is CCNC(=NCc1ccc(C(N)=O)o1)NCC(C)c1ccsc1.I. The molecule has 24 heavy (non-hydrogen) atoms. The molecule has 2 rings (SSSR count). The van der Waals surface area contributed by atoms with Crippen LogP contribution in [0.25, 0.3) is 0 Å². The van der Waals surface area contributed by atoms with Crippen molar-refractivity contribution < 1.29 is 9.21 Å². The van der Waals surface area contributed by atoms with Gasteiger partial charge in [0.1, 0.15) is 12.3 Å². The lowest BCUT2D eigenvalue weighted by molar-refractivity contribution is 0.0972. The Kier molecular flexibility index (Phi) is 8.83. The minimum Gasteiger partial charge on any atom is -0.454 e. The van der Waals surface area contributed by atoms with Crippen molar-refractivity contribution in [1.29, 1.82) is 0 Å². The van der Waals surface area contributed by atoms with Crippen molar-refractivity contribution in [3.05, 3.63) is 46.0 Å². The zero-order chi connectivity index (χ0) is 16.7. The summed E-state index contributed by atoms with van der Waals surface area (Å²) in [7, 11) is 0. The molecular formula is C16H23IN4O2S. The first kappa shape index (κ1) is 20.5. The summed E-state index contributed by atoms with van der Waals surface area (Å²) in [5, 5.41) is 10.7. The number of rotatable bonds is 7. The van der Waals surface area contributed by atoms with Crippen LogP contribution in [0.2, 0.25) is 0 Å². The van der Waals surface area contributed by atoms with E-state index in [1.165, 1.54) is 5.56 Å². The maximum absolute atomic E-state index is 11.0. The molecule has 1 atom stereocenters. The van der Waals surface area contributed by atoms with Crippen molar-refractivity contribution in [1.82, 2.24) is 10.6 Å². The third kappa shape index (κ3) is 6.16. The highest BCUT2D eigenvalue weighted by Crippen LogP contribution is 2.17. The standard InChI is InChI=1S/C16H22N4O2S.HI/c1-3-18-16(19-8-11(2)12-6-7-23-10-12)20-9-13-4-5-14(22-13)15(17)21;/h4-7,10-11H,3,8-9H2,1-2H3,(H2,17,21)(H2,18,19,20);1H. The number of hydrogen-bond donors (Lipinski definition) is 3. The van der Waals surface area contributed by atoms with E-state index in [-0.39, 0.29) is 29.7 Å². The molecule has 0 radical (unpaired) electrons. The average molecular weight is 462 g/mol. The lowest BCUT2D eigenvalue weighted by atomic mass is 10.1. The van der Waals surface area contributed by atoms with Crippen molar-refractivity contribution in [2.45, 2.75) is 26.3 Å². The monoisotopic (exact) mass is 462 g/mol. The number of carbonyl (C=O) groups excluding carboxylic acids is 1. The molecule has 0 spiro atoms. The van der Waals surface area contributed by atoms with Crippen LogP contribution in [0, 0.1) is 0 Å². The molecule has 6 nitrogen and oxygen atoms in total. The van der Waals surface area contributed by atoms with Crippen molar-refractivity contribution in [3.63, 3.8) is 0 Å². The van der Waals surface area contributed by atoms with Gasteiger partial charge in [-0.15, -0.1) is 24.0 Å². The molecule has 0 aliphatic carbocycles. The number of aliphatic imine (C=N–C) groups is 1. The number of furan rings is 1. The molecule has 1 unspecified atom stereocenters. The minimum atomic E-state index is -0.574. The van der Waals surface area contributed by atoms with E-state index in [1.54, 1.807) is 23.5 Å². The van der Waals surface area contributed by atoms with Gasteiger partial charge in [0.05, 0.1) is 0 Å². The molecule has 2 heterocycles. The predicted molar refractivity (Wildman–Crippen MR) is 108 cm³/mol. The van der Waals surface area contributed by atoms with Gasteiger partial charge in [-0.05, 0) is 47.4 Å². The molecule has 2 aromatic heterocycles. The van der Waals surface area contributed by atoms with E-state index in [1.807, 2.05) is 6.92 Å². The molecule has 0 saturated heterocycles. The number of nitrogens with one attached hydrogen (secondary N) is 2. The molecule has 4 N–H and O–H groups in total. The number of halogens is 1. The van der Waals surface area contributed by atoms with Gasteiger partial charge >= 0.3 is 0 Å². The fraction of sp³-hybridized carbons (Fsp3) is 0.375. The lowest BCUT2D eigenvalue weighted by Gasteiger charge is -2.15. The van der Waals surface area contributed by atoms with Gasteiger partial charge in [-0.25, -0.2) is 4.99 Å². The summed E-state index contributed by atoms with van der Waals surface area (Å²) < 4.78 is 5.32. The van der Waals surface area contributed by atoms with Gasteiger partial charge in [-0.2, -0.15) is 11.3 Å². The quantitative estimate of drug-likeness (QED) is 0.335. The second-order valence-electron chi connectivity index (χ2n) is 5.16. The molecule has 2 aromatic rings. The Labute approximate surface area is 162 Å². The van der Waals surface area contributed by atoms with Crippen LogP contribution >= 0.6 is 35.3 Å². The normalized spacial score (nSPS) is 12.3. The molecular weight excluding hydrogens is 439 g/mol. The Bertz CT molecular complexity index is 655. The number of thiophene rings is 1. The van der Waals surface area contributed by atoms with Crippen LogP contribution in [0.5, 0.6) is 0 Å². The topological polar surface area (TPSA) is 92.6 Å². The highest BCUT2D eigenvalue weighted by molar-refractivity contribution is 14.0. The number of nitrogens with two attached hydrogens (primary N) is 1. The summed E-state index contributed by atoms with van der Waals surface area (Å²) in [6.07, 6.45) is 0. The predicted octanol–water partition coefficient (Wildman–Crippen LogP) is 2.92. The van der Waals surface area contributed by atoms with Crippen LogP contribution in [0.15, 0.2) is 38.4 Å². The maximum Gasteiger partial charge on any atom is 0.284 e. The third-order valence-corrected chi connectivity index (χ3v) is 4.03. The fourth-order valence-electron chi connectivity index (χ4n) is 2.02. The van der Waals surface area contributed by atoms with E-state index in [0.717, 1.165) is 13.1 Å². The first-order valence-electron chi connectivity index (χ1n) is 7.53. The molecule has 0 aromatic carbocycles. The Hall–Kier alpha value is -1.55. The highest BCUT2D eigenvalue weighted by Gasteiger charge is 2.09. The molecule has 0 bridgehead atoms. The smallest absolute Gasteiger partial charge is 0.284 e. The largest absolute Gasteiger partial charge is 0.454 e. The van der Waals surface area contributed by atoms with Crippen LogP contribution in [0.3, 0.4) is 0 Å². The minimum absolute atomic E-state index is 0. The zero-order valence-corrected chi connectivity index (χ0v) is 16.9. The van der Waals surface area contributed by atoms with E-state index in [9.17, 15) is 4.79 Å². The van der Waals surface area contributed by atoms with Crippen molar-refractivity contribution in [3.8, 4) is 0 Å². The fourth-order valence-corrected chi connectivity index (χ4v) is 2.80. The van der Waals surface area contributed by atoms with E-state index < -0.39 is 5.91 Å². The second-order valence-corrected chi connectivity index (χ2v) is 5.94. The van der Waals surface area contributed by atoms with Crippen molar-refractivity contribution >= 4 is 47.2 Å².